The Kier molecular flexibility index (Phi) is 6.27. The number of rotatable bonds is 2. The van der Waals surface area contributed by atoms with E-state index in [4.69, 9.17) is 11.5 Å². The summed E-state index contributed by atoms with van der Waals surface area (Å²) in [5.74, 6) is 1.93. The molecule has 2 aliphatic rings. The minimum Gasteiger partial charge on any atom is -0.353 e. The van der Waals surface area contributed by atoms with Gasteiger partial charge in [0.25, 0.3) is 0 Å². The van der Waals surface area contributed by atoms with Crippen molar-refractivity contribution in [2.75, 3.05) is 36.0 Å². The van der Waals surface area contributed by atoms with E-state index >= 15 is 0 Å². The van der Waals surface area contributed by atoms with Crippen LogP contribution < -0.4 is 21.3 Å². The van der Waals surface area contributed by atoms with Crippen LogP contribution in [0.2, 0.25) is 0 Å². The molecule has 2 aromatic rings. The van der Waals surface area contributed by atoms with Crippen molar-refractivity contribution in [3.63, 3.8) is 0 Å². The summed E-state index contributed by atoms with van der Waals surface area (Å²) < 4.78 is 0. The van der Waals surface area contributed by atoms with Crippen molar-refractivity contribution in [2.24, 2.45) is 11.5 Å². The zero-order chi connectivity index (χ0) is 18.5. The molecule has 6 heteroatoms. The molecule has 0 spiro atoms. The lowest BCUT2D eigenvalue weighted by molar-refractivity contribution is 0.498. The lowest BCUT2D eigenvalue weighted by atomic mass is 10.0. The zero-order valence-electron chi connectivity index (χ0n) is 16.1. The van der Waals surface area contributed by atoms with E-state index in [-0.39, 0.29) is 12.1 Å². The van der Waals surface area contributed by atoms with Gasteiger partial charge < -0.3 is 21.3 Å². The molecule has 2 atom stereocenters. The van der Waals surface area contributed by atoms with Crippen LogP contribution in [0.15, 0.2) is 24.3 Å². The Bertz CT molecular complexity index is 658. The molecule has 1 aromatic carbocycles. The quantitative estimate of drug-likeness (QED) is 0.860. The highest BCUT2D eigenvalue weighted by Crippen LogP contribution is 2.32. The predicted octanol–water partition coefficient (Wildman–Crippen LogP) is 2.51. The van der Waals surface area contributed by atoms with E-state index < -0.39 is 0 Å². The SMILES string of the molecule is CC.NC1CCCN(c2nnc(N3CCCC(N)C3)c3ccccc23)C1. The van der Waals surface area contributed by atoms with Gasteiger partial charge in [0.15, 0.2) is 11.6 Å². The molecule has 2 saturated heterocycles. The first-order valence-corrected chi connectivity index (χ1v) is 9.99. The van der Waals surface area contributed by atoms with Crippen molar-refractivity contribution >= 4 is 22.4 Å². The summed E-state index contributed by atoms with van der Waals surface area (Å²) in [6.45, 7) is 7.71. The molecule has 1 aromatic heterocycles. The van der Waals surface area contributed by atoms with Crippen LogP contribution in [0.3, 0.4) is 0 Å². The normalized spacial score (nSPS) is 23.5. The second-order valence-electron chi connectivity index (χ2n) is 7.09. The third kappa shape index (κ3) is 3.91. The largest absolute Gasteiger partial charge is 0.353 e. The molecule has 0 bridgehead atoms. The maximum Gasteiger partial charge on any atom is 0.159 e. The molecule has 3 heterocycles. The van der Waals surface area contributed by atoms with Crippen LogP contribution in [0.4, 0.5) is 11.6 Å². The molecule has 142 valence electrons. The molecular formula is C20H32N6. The summed E-state index contributed by atoms with van der Waals surface area (Å²) in [6, 6.07) is 8.88. The van der Waals surface area contributed by atoms with Gasteiger partial charge in [-0.25, -0.2) is 0 Å². The first kappa shape index (κ1) is 18.9. The van der Waals surface area contributed by atoms with Crippen molar-refractivity contribution < 1.29 is 0 Å². The fourth-order valence-corrected chi connectivity index (χ4v) is 3.95. The number of nitrogens with zero attached hydrogens (tertiary/aromatic N) is 4. The van der Waals surface area contributed by atoms with Crippen LogP contribution >= 0.6 is 0 Å². The molecule has 2 aliphatic heterocycles. The van der Waals surface area contributed by atoms with E-state index in [1.54, 1.807) is 0 Å². The monoisotopic (exact) mass is 356 g/mol. The standard InChI is InChI=1S/C18H26N6.C2H6/c19-13-5-3-9-23(11-13)17-15-7-1-2-8-16(15)18(22-21-17)24-10-4-6-14(20)12-24;1-2/h1-2,7-8,13-14H,3-6,9-12,19-20H2;1-2H3. The number of anilines is 2. The van der Waals surface area contributed by atoms with Crippen molar-refractivity contribution in [3.05, 3.63) is 24.3 Å². The number of hydrogen-bond donors (Lipinski definition) is 2. The van der Waals surface area contributed by atoms with Gasteiger partial charge in [-0.2, -0.15) is 0 Å². The van der Waals surface area contributed by atoms with Gasteiger partial charge in [-0.15, -0.1) is 10.2 Å². The number of benzene rings is 1. The van der Waals surface area contributed by atoms with E-state index in [0.29, 0.717) is 0 Å². The fourth-order valence-electron chi connectivity index (χ4n) is 3.95. The molecule has 4 rings (SSSR count). The highest BCUT2D eigenvalue weighted by atomic mass is 15.3. The fraction of sp³-hybridized carbons (Fsp3) is 0.600. The highest BCUT2D eigenvalue weighted by molar-refractivity contribution is 5.99. The summed E-state index contributed by atoms with van der Waals surface area (Å²) in [7, 11) is 0. The molecule has 0 saturated carbocycles. The number of fused-ring (bicyclic) bond motifs is 1. The van der Waals surface area contributed by atoms with Crippen molar-refractivity contribution in [1.82, 2.24) is 10.2 Å². The van der Waals surface area contributed by atoms with E-state index in [0.717, 1.165) is 74.3 Å². The Morgan fingerprint density at radius 3 is 1.62 bits per heavy atom. The molecule has 0 aliphatic carbocycles. The number of hydrogen-bond acceptors (Lipinski definition) is 6. The maximum absolute atomic E-state index is 6.16. The molecule has 0 amide bonds. The smallest absolute Gasteiger partial charge is 0.159 e. The molecule has 26 heavy (non-hydrogen) atoms. The average Bonchev–Trinajstić information content (AvgIpc) is 2.69. The maximum atomic E-state index is 6.16. The van der Waals surface area contributed by atoms with Gasteiger partial charge in [0.2, 0.25) is 0 Å². The van der Waals surface area contributed by atoms with Gasteiger partial charge in [0.1, 0.15) is 0 Å². The molecule has 4 N–H and O–H groups in total. The first-order valence-electron chi connectivity index (χ1n) is 9.99. The molecular weight excluding hydrogens is 324 g/mol. The molecule has 2 unspecified atom stereocenters. The van der Waals surface area contributed by atoms with Gasteiger partial charge in [0.05, 0.1) is 0 Å². The van der Waals surface area contributed by atoms with Crippen molar-refractivity contribution in [3.8, 4) is 0 Å². The highest BCUT2D eigenvalue weighted by Gasteiger charge is 2.24. The summed E-state index contributed by atoms with van der Waals surface area (Å²) >= 11 is 0. The summed E-state index contributed by atoms with van der Waals surface area (Å²) in [6.07, 6.45) is 4.40. The Morgan fingerprint density at radius 2 is 1.23 bits per heavy atom. The summed E-state index contributed by atoms with van der Waals surface area (Å²) in [4.78, 5) is 4.57. The van der Waals surface area contributed by atoms with E-state index in [1.807, 2.05) is 13.8 Å². The van der Waals surface area contributed by atoms with E-state index in [9.17, 15) is 0 Å². The first-order chi connectivity index (χ1) is 12.7. The summed E-state index contributed by atoms with van der Waals surface area (Å²) in [5, 5.41) is 11.5. The minimum absolute atomic E-state index is 0.221. The molecule has 0 radical (unpaired) electrons. The van der Waals surface area contributed by atoms with Crippen LogP contribution in [0.5, 0.6) is 0 Å². The van der Waals surface area contributed by atoms with Crippen LogP contribution in [0.1, 0.15) is 39.5 Å². The Labute approximate surface area is 156 Å². The second kappa shape index (κ2) is 8.64. The third-order valence-corrected chi connectivity index (χ3v) is 5.16. The molecule has 6 nitrogen and oxygen atoms in total. The van der Waals surface area contributed by atoms with Crippen molar-refractivity contribution in [1.29, 1.82) is 0 Å². The van der Waals surface area contributed by atoms with Gasteiger partial charge in [-0.3, -0.25) is 0 Å². The van der Waals surface area contributed by atoms with Crippen LogP contribution in [0.25, 0.3) is 10.8 Å². The topological polar surface area (TPSA) is 84.3 Å². The number of piperidine rings is 2. The summed E-state index contributed by atoms with van der Waals surface area (Å²) in [5.41, 5.74) is 12.3. The number of nitrogens with two attached hydrogens (primary N) is 2. The second-order valence-corrected chi connectivity index (χ2v) is 7.09. The Hall–Kier alpha value is -1.92. The number of aromatic nitrogens is 2. The lowest BCUT2D eigenvalue weighted by Gasteiger charge is -2.34. The van der Waals surface area contributed by atoms with E-state index in [1.165, 1.54) is 0 Å². The van der Waals surface area contributed by atoms with Gasteiger partial charge in [0, 0.05) is 49.0 Å². The predicted molar refractivity (Wildman–Crippen MR) is 110 cm³/mol. The van der Waals surface area contributed by atoms with E-state index in [2.05, 4.69) is 44.3 Å². The van der Waals surface area contributed by atoms with Crippen molar-refractivity contribution in [2.45, 2.75) is 51.6 Å². The third-order valence-electron chi connectivity index (χ3n) is 5.16. The van der Waals surface area contributed by atoms with Crippen LogP contribution in [-0.4, -0.2) is 48.5 Å². The zero-order valence-corrected chi connectivity index (χ0v) is 16.1. The Balaban J connectivity index is 0.000000948. The molecule has 2 fully saturated rings. The average molecular weight is 357 g/mol. The lowest BCUT2D eigenvalue weighted by Crippen LogP contribution is -2.44. The minimum atomic E-state index is 0.221. The van der Waals surface area contributed by atoms with Gasteiger partial charge in [-0.1, -0.05) is 38.1 Å². The Morgan fingerprint density at radius 1 is 0.808 bits per heavy atom. The van der Waals surface area contributed by atoms with Crippen LogP contribution in [0, 0.1) is 0 Å². The van der Waals surface area contributed by atoms with Gasteiger partial charge in [-0.05, 0) is 25.7 Å². The van der Waals surface area contributed by atoms with Gasteiger partial charge >= 0.3 is 0 Å². The van der Waals surface area contributed by atoms with Crippen LogP contribution in [-0.2, 0) is 0 Å².